The van der Waals surface area contributed by atoms with Crippen molar-refractivity contribution in [2.24, 2.45) is 0 Å². The van der Waals surface area contributed by atoms with Gasteiger partial charge in [0.1, 0.15) is 17.3 Å². The molecule has 2 aromatic carbocycles. The predicted octanol–water partition coefficient (Wildman–Crippen LogP) is 3.27. The van der Waals surface area contributed by atoms with Gasteiger partial charge in [-0.2, -0.15) is 0 Å². The highest BCUT2D eigenvalue weighted by Gasteiger charge is 2.13. The first-order valence-electron chi connectivity index (χ1n) is 8.33. The van der Waals surface area contributed by atoms with Gasteiger partial charge in [0.05, 0.1) is 43.6 Å². The predicted molar refractivity (Wildman–Crippen MR) is 104 cm³/mol. The zero-order valence-electron chi connectivity index (χ0n) is 15.3. The number of methoxy groups -OCH3 is 2. The third kappa shape index (κ3) is 4.24. The molecular formula is C20H18N4O4. The van der Waals surface area contributed by atoms with Gasteiger partial charge in [-0.05, 0) is 24.3 Å². The maximum atomic E-state index is 12.4. The van der Waals surface area contributed by atoms with Crippen LogP contribution in [0, 0.1) is 0 Å². The van der Waals surface area contributed by atoms with E-state index >= 15 is 0 Å². The zero-order chi connectivity index (χ0) is 19.9. The number of ether oxygens (including phenoxy) is 2. The molecule has 3 rings (SSSR count). The van der Waals surface area contributed by atoms with Crippen molar-refractivity contribution in [1.29, 1.82) is 0 Å². The molecule has 0 saturated carbocycles. The molecule has 1 amide bonds. The van der Waals surface area contributed by atoms with Crippen LogP contribution in [0.2, 0.25) is 0 Å². The van der Waals surface area contributed by atoms with Crippen molar-refractivity contribution in [3.63, 3.8) is 0 Å². The number of hydrogen-bond donors (Lipinski definition) is 2. The lowest BCUT2D eigenvalue weighted by atomic mass is 10.2. The van der Waals surface area contributed by atoms with Gasteiger partial charge in [-0.1, -0.05) is 24.3 Å². The van der Waals surface area contributed by atoms with E-state index in [1.165, 1.54) is 26.6 Å². The number of carbonyl (C=O) groups excluding carboxylic acids is 2. The lowest BCUT2D eigenvalue weighted by molar-refractivity contribution is 0.0601. The first kappa shape index (κ1) is 18.8. The summed E-state index contributed by atoms with van der Waals surface area (Å²) in [6, 6.07) is 13.9. The normalized spacial score (nSPS) is 10.1. The summed E-state index contributed by atoms with van der Waals surface area (Å²) >= 11 is 0. The molecule has 0 atom stereocenters. The topological polar surface area (TPSA) is 102 Å². The molecule has 0 bridgehead atoms. The Kier molecular flexibility index (Phi) is 5.81. The maximum absolute atomic E-state index is 12.4. The largest absolute Gasteiger partial charge is 0.495 e. The van der Waals surface area contributed by atoms with E-state index in [4.69, 9.17) is 9.47 Å². The summed E-state index contributed by atoms with van der Waals surface area (Å²) in [7, 11) is 2.84. The Hall–Kier alpha value is -3.94. The molecule has 0 spiro atoms. The quantitative estimate of drug-likeness (QED) is 0.635. The first-order chi connectivity index (χ1) is 13.6. The Balaban J connectivity index is 1.74. The number of carbonyl (C=O) groups is 2. The van der Waals surface area contributed by atoms with Gasteiger partial charge >= 0.3 is 5.97 Å². The average Bonchev–Trinajstić information content (AvgIpc) is 2.74. The van der Waals surface area contributed by atoms with Crippen molar-refractivity contribution in [2.45, 2.75) is 0 Å². The smallest absolute Gasteiger partial charge is 0.339 e. The summed E-state index contributed by atoms with van der Waals surface area (Å²) in [6.45, 7) is 0. The van der Waals surface area contributed by atoms with E-state index in [1.807, 2.05) is 0 Å². The van der Waals surface area contributed by atoms with Gasteiger partial charge in [-0.15, -0.1) is 0 Å². The Bertz CT molecular complexity index is 990. The summed E-state index contributed by atoms with van der Waals surface area (Å²) in [5.74, 6) is 0.0362. The fraction of sp³-hybridized carbons (Fsp3) is 0.100. The van der Waals surface area contributed by atoms with Gasteiger partial charge in [0.15, 0.2) is 0 Å². The van der Waals surface area contributed by atoms with Crippen LogP contribution in [0.15, 0.2) is 60.9 Å². The van der Waals surface area contributed by atoms with E-state index in [9.17, 15) is 9.59 Å². The van der Waals surface area contributed by atoms with Gasteiger partial charge in [-0.25, -0.2) is 14.8 Å². The van der Waals surface area contributed by atoms with Crippen molar-refractivity contribution < 1.29 is 19.1 Å². The number of amides is 1. The molecule has 0 saturated heterocycles. The molecular weight excluding hydrogens is 360 g/mol. The SMILES string of the molecule is COC(=O)c1ccccc1Nc1cnc(C(=O)Nc2ccccc2OC)cn1. The van der Waals surface area contributed by atoms with Gasteiger partial charge in [0.2, 0.25) is 0 Å². The average molecular weight is 378 g/mol. The molecule has 0 aliphatic rings. The van der Waals surface area contributed by atoms with E-state index in [2.05, 4.69) is 20.6 Å². The summed E-state index contributed by atoms with van der Waals surface area (Å²) in [4.78, 5) is 32.5. The number of nitrogens with one attached hydrogen (secondary N) is 2. The van der Waals surface area contributed by atoms with Gasteiger partial charge in [0.25, 0.3) is 5.91 Å². The minimum Gasteiger partial charge on any atom is -0.495 e. The molecule has 1 aromatic heterocycles. The van der Waals surface area contributed by atoms with Gasteiger partial charge in [-0.3, -0.25) is 4.79 Å². The molecule has 2 N–H and O–H groups in total. The molecule has 8 nitrogen and oxygen atoms in total. The summed E-state index contributed by atoms with van der Waals surface area (Å²) in [6.07, 6.45) is 2.75. The molecule has 0 aliphatic heterocycles. The summed E-state index contributed by atoms with van der Waals surface area (Å²) in [5, 5.41) is 5.73. The number of rotatable bonds is 6. The van der Waals surface area contributed by atoms with Crippen molar-refractivity contribution in [2.75, 3.05) is 24.9 Å². The molecule has 0 unspecified atom stereocenters. The number of benzene rings is 2. The van der Waals surface area contributed by atoms with Crippen LogP contribution in [0.1, 0.15) is 20.8 Å². The second-order valence-corrected chi connectivity index (χ2v) is 5.60. The van der Waals surface area contributed by atoms with Crippen molar-refractivity contribution in [1.82, 2.24) is 9.97 Å². The maximum Gasteiger partial charge on any atom is 0.339 e. The van der Waals surface area contributed by atoms with Crippen molar-refractivity contribution >= 4 is 29.1 Å². The zero-order valence-corrected chi connectivity index (χ0v) is 15.3. The van der Waals surface area contributed by atoms with Crippen LogP contribution in [0.4, 0.5) is 17.2 Å². The highest BCUT2D eigenvalue weighted by Crippen LogP contribution is 2.24. The lowest BCUT2D eigenvalue weighted by Gasteiger charge is -2.11. The second-order valence-electron chi connectivity index (χ2n) is 5.60. The van der Waals surface area contributed by atoms with E-state index in [-0.39, 0.29) is 5.69 Å². The third-order valence-corrected chi connectivity index (χ3v) is 3.83. The van der Waals surface area contributed by atoms with Crippen LogP contribution in [0.5, 0.6) is 5.75 Å². The first-order valence-corrected chi connectivity index (χ1v) is 8.33. The number of para-hydroxylation sites is 3. The Labute approximate surface area is 161 Å². The van der Waals surface area contributed by atoms with E-state index < -0.39 is 11.9 Å². The molecule has 0 aliphatic carbocycles. The van der Waals surface area contributed by atoms with Crippen LogP contribution < -0.4 is 15.4 Å². The van der Waals surface area contributed by atoms with Gasteiger partial charge < -0.3 is 20.1 Å². The van der Waals surface area contributed by atoms with Crippen LogP contribution in [-0.2, 0) is 4.74 Å². The van der Waals surface area contributed by atoms with E-state index in [0.717, 1.165) is 0 Å². The summed E-state index contributed by atoms with van der Waals surface area (Å²) in [5.41, 5.74) is 1.56. The molecule has 3 aromatic rings. The molecule has 142 valence electrons. The number of anilines is 3. The number of hydrogen-bond acceptors (Lipinski definition) is 7. The number of aromatic nitrogens is 2. The Morgan fingerprint density at radius 3 is 2.29 bits per heavy atom. The monoisotopic (exact) mass is 378 g/mol. The molecule has 28 heavy (non-hydrogen) atoms. The molecule has 0 fully saturated rings. The summed E-state index contributed by atoms with van der Waals surface area (Å²) < 4.78 is 9.97. The van der Waals surface area contributed by atoms with Crippen molar-refractivity contribution in [3.05, 3.63) is 72.2 Å². The second kappa shape index (κ2) is 8.63. The Morgan fingerprint density at radius 2 is 1.61 bits per heavy atom. The minimum absolute atomic E-state index is 0.137. The highest BCUT2D eigenvalue weighted by molar-refractivity contribution is 6.03. The van der Waals surface area contributed by atoms with Gasteiger partial charge in [0, 0.05) is 0 Å². The standard InChI is InChI=1S/C20H18N4O4/c1-27-17-10-6-5-9-15(17)24-19(25)16-11-22-18(12-21-16)23-14-8-4-3-7-13(14)20(26)28-2/h3-12H,1-2H3,(H,22,23)(H,24,25). The van der Waals surface area contributed by atoms with Crippen LogP contribution in [0.3, 0.4) is 0 Å². The minimum atomic E-state index is -0.469. The van der Waals surface area contributed by atoms with E-state index in [1.54, 1.807) is 48.5 Å². The fourth-order valence-corrected chi connectivity index (χ4v) is 2.46. The Morgan fingerprint density at radius 1 is 0.893 bits per heavy atom. The molecule has 8 heteroatoms. The third-order valence-electron chi connectivity index (χ3n) is 3.83. The number of esters is 1. The highest BCUT2D eigenvalue weighted by atomic mass is 16.5. The lowest BCUT2D eigenvalue weighted by Crippen LogP contribution is -2.15. The van der Waals surface area contributed by atoms with Crippen molar-refractivity contribution in [3.8, 4) is 5.75 Å². The van der Waals surface area contributed by atoms with Crippen LogP contribution in [0.25, 0.3) is 0 Å². The van der Waals surface area contributed by atoms with Crippen LogP contribution in [-0.4, -0.2) is 36.1 Å². The molecule has 0 radical (unpaired) electrons. The molecule has 1 heterocycles. The fourth-order valence-electron chi connectivity index (χ4n) is 2.46. The van der Waals surface area contributed by atoms with Crippen LogP contribution >= 0.6 is 0 Å². The van der Waals surface area contributed by atoms with E-state index in [0.29, 0.717) is 28.5 Å². The number of nitrogens with zero attached hydrogens (tertiary/aromatic N) is 2.